The van der Waals surface area contributed by atoms with E-state index in [0.29, 0.717) is 17.1 Å². The fraction of sp³-hybridized carbons (Fsp3) is 0.468. The highest BCUT2D eigenvalue weighted by atomic mass is 16.6. The molecule has 31 heteroatoms. The number of nitrogens with two attached hydrogens (primary N) is 1. The van der Waals surface area contributed by atoms with Gasteiger partial charge < -0.3 is 72.3 Å². The van der Waals surface area contributed by atoms with E-state index in [4.69, 9.17) is 35.0 Å². The molecule has 108 heavy (non-hydrogen) atoms. The highest BCUT2D eigenvalue weighted by Gasteiger charge is 2.30. The van der Waals surface area contributed by atoms with E-state index in [2.05, 4.69) is 57.5 Å². The number of aliphatic carboxylic acids is 1. The lowest BCUT2D eigenvalue weighted by Crippen LogP contribution is -2.46. The molecule has 1 aliphatic rings. The molecule has 588 valence electrons. The number of cyclic esters (lactones) is 1. The Balaban J connectivity index is 0.000000800. The molecule has 6 atom stereocenters. The zero-order chi connectivity index (χ0) is 81.3. The van der Waals surface area contributed by atoms with Gasteiger partial charge in [0.05, 0.1) is 49.1 Å². The largest absolute Gasteiger partial charge is 0.481 e. The number of nitrogens with zero attached hydrogens (tertiary/aromatic N) is 4. The van der Waals surface area contributed by atoms with Crippen LogP contribution in [0.1, 0.15) is 223 Å². The van der Waals surface area contributed by atoms with Gasteiger partial charge in [0, 0.05) is 19.9 Å². The van der Waals surface area contributed by atoms with Crippen molar-refractivity contribution in [1.82, 2.24) is 57.5 Å². The first-order valence-electron chi connectivity index (χ1n) is 35.6. The van der Waals surface area contributed by atoms with Crippen molar-refractivity contribution >= 4 is 77.1 Å². The number of Topliss-reactive ketones (excluding diaryl/α,β-unsaturated/α-hetero) is 1. The number of rotatable bonds is 31. The van der Waals surface area contributed by atoms with Crippen molar-refractivity contribution in [1.29, 1.82) is 5.26 Å². The van der Waals surface area contributed by atoms with E-state index in [0.717, 1.165) is 38.5 Å². The van der Waals surface area contributed by atoms with E-state index >= 15 is 0 Å². The molecule has 4 heterocycles. The third-order valence-corrected chi connectivity index (χ3v) is 14.4. The molecular weight excluding hydrogens is 1390 g/mol. The number of allylic oxidation sites excluding steroid dienone is 6. The van der Waals surface area contributed by atoms with Crippen molar-refractivity contribution in [2.24, 2.45) is 5.73 Å². The molecular formula is C77H107N13O18. The molecule has 0 aromatic carbocycles. The first-order valence-corrected chi connectivity index (χ1v) is 35.6. The van der Waals surface area contributed by atoms with Crippen LogP contribution in [0.25, 0.3) is 0 Å². The van der Waals surface area contributed by atoms with Crippen LogP contribution in [0.15, 0.2) is 126 Å². The topological polar surface area (TPSA) is 464 Å². The molecule has 11 N–H and O–H groups in total. The third-order valence-electron chi connectivity index (χ3n) is 14.4. The summed E-state index contributed by atoms with van der Waals surface area (Å²) in [5, 5.41) is 36.8. The van der Waals surface area contributed by atoms with Gasteiger partial charge in [-0.1, -0.05) is 115 Å². The smallest absolute Gasteiger partial charge is 0.407 e. The van der Waals surface area contributed by atoms with Crippen molar-refractivity contribution in [3.8, 4) is 6.07 Å². The van der Waals surface area contributed by atoms with E-state index in [1.54, 1.807) is 123 Å². The van der Waals surface area contributed by atoms with Crippen LogP contribution in [-0.4, -0.2) is 139 Å². The SMILES string of the molecule is C/C=C(\NC(=O)c1cccc(CN)n1)C(=O)N[C@@H](CC)C(=O)O[C@H](/C=C/CCC)CC(=O)O.C/C=C(\NC(=O)c1cccc(CNC(=O)OC(C)(C)C)n1)C(=O)N[C@@H](CC)C(=O)O[C@H](/C=C/CCC)CC(C)=O.C/C=C1\NC(=O)c2cccc(n2)CNC(=O)C[C@@H](/C=C/CCC)OC(=O)[C@H](CC)NC1=O.CC#N. The van der Waals surface area contributed by atoms with Gasteiger partial charge in [-0.2, -0.15) is 5.26 Å². The van der Waals surface area contributed by atoms with Crippen LogP contribution in [0.3, 0.4) is 0 Å². The molecule has 3 aromatic rings. The number of hydrogen-bond acceptors (Lipinski definition) is 22. The second-order valence-corrected chi connectivity index (χ2v) is 24.7. The molecule has 0 radical (unpaired) electrons. The van der Waals surface area contributed by atoms with Crippen molar-refractivity contribution in [2.75, 3.05) is 0 Å². The molecule has 0 unspecified atom stereocenters. The fourth-order valence-electron chi connectivity index (χ4n) is 8.92. The predicted octanol–water partition coefficient (Wildman–Crippen LogP) is 8.12. The minimum absolute atomic E-state index is 0.00626. The Hall–Kier alpha value is -11.6. The van der Waals surface area contributed by atoms with Crippen LogP contribution in [-0.2, 0) is 81.7 Å². The number of unbranched alkanes of at least 4 members (excludes halogenated alkanes) is 3. The van der Waals surface area contributed by atoms with E-state index in [1.807, 2.05) is 32.9 Å². The number of hydrogen-bond donors (Lipinski definition) is 10. The lowest BCUT2D eigenvalue weighted by atomic mass is 10.1. The summed E-state index contributed by atoms with van der Waals surface area (Å²) in [6.07, 6.45) is 16.8. The minimum atomic E-state index is -1.11. The second-order valence-electron chi connectivity index (χ2n) is 24.7. The van der Waals surface area contributed by atoms with Crippen molar-refractivity contribution in [3.63, 3.8) is 0 Å². The van der Waals surface area contributed by atoms with Crippen LogP contribution in [0, 0.1) is 11.3 Å². The van der Waals surface area contributed by atoms with E-state index in [-0.39, 0.29) is 104 Å². The first kappa shape index (κ1) is 94.5. The van der Waals surface area contributed by atoms with Gasteiger partial charge in [-0.25, -0.2) is 34.1 Å². The van der Waals surface area contributed by atoms with Gasteiger partial charge in [0.1, 0.15) is 82.0 Å². The fourth-order valence-corrected chi connectivity index (χ4v) is 8.92. The number of pyridine rings is 3. The number of amides is 8. The van der Waals surface area contributed by atoms with Crippen LogP contribution in [0.5, 0.6) is 0 Å². The van der Waals surface area contributed by atoms with Crippen LogP contribution in [0.4, 0.5) is 4.79 Å². The van der Waals surface area contributed by atoms with Gasteiger partial charge in [0.2, 0.25) is 5.91 Å². The Kier molecular flexibility index (Phi) is 45.8. The molecule has 0 aliphatic carbocycles. The molecule has 1 aliphatic heterocycles. The second kappa shape index (κ2) is 52.4. The minimum Gasteiger partial charge on any atom is -0.481 e. The van der Waals surface area contributed by atoms with Crippen LogP contribution >= 0.6 is 0 Å². The van der Waals surface area contributed by atoms with Crippen LogP contribution in [0.2, 0.25) is 0 Å². The number of ether oxygens (including phenoxy) is 4. The molecule has 8 amide bonds. The number of fused-ring (bicyclic) bond motifs is 2. The normalized spacial score (nSPS) is 15.6. The molecule has 0 fully saturated rings. The lowest BCUT2D eigenvalue weighted by Gasteiger charge is -2.21. The Bertz CT molecular complexity index is 3760. The standard InChI is InChI=1S/C29H42N4O7.C23H32N4O6.C23H30N4O5.C2H3N/c1-8-11-12-15-21(17-19(4)34)39-27(37)23(10-3)33-25(35)22(9-2)32-26(36)24-16-13-14-20(31-24)18-30-28(38)40-29(5,6)7;1-4-7-8-11-16(13-20(28)29)33-23(32)18(6-3)27-21(30)17(5-2)26-22(31)19-12-9-10-15(14-24)25-19;1-4-7-8-11-16-13-20(28)24-14-15-10-9-12-19(25-15)22(30)26-17(5-2)21(29)27-18(6-3)23(31)32-16;1-2-3/h9,12-16,21,23H,8,10-11,17-18H2,1-7H3,(H,30,38)(H,32,36)(H,33,35);5,8-12,16,18H,4,6-7,13-14,24H2,1-3H3,(H,26,31)(H,27,30)(H,28,29);5,8-12,16,18H,4,6-7,13-14H2,1-3H3,(H,24,28)(H,26,30)(H,27,29);1H3/b15-12+,22-9-;2*11-8+,17-5-;/t21-,23+;2*16-,18+;/m111./s1. The maximum Gasteiger partial charge on any atom is 0.407 e. The highest BCUT2D eigenvalue weighted by Crippen LogP contribution is 2.14. The number of carboxylic acid groups (broad SMARTS) is 1. The number of ketones is 1. The Morgan fingerprint density at radius 2 is 1.21 bits per heavy atom. The number of nitrogens with one attached hydrogen (secondary N) is 8. The van der Waals surface area contributed by atoms with Gasteiger partial charge in [0.15, 0.2) is 0 Å². The number of nitriles is 1. The summed E-state index contributed by atoms with van der Waals surface area (Å²) in [6.45, 7) is 24.2. The molecule has 0 saturated carbocycles. The Morgan fingerprint density at radius 3 is 1.68 bits per heavy atom. The monoisotopic (exact) mass is 1500 g/mol. The van der Waals surface area contributed by atoms with Crippen molar-refractivity contribution < 1.29 is 86.4 Å². The third kappa shape index (κ3) is 38.5. The van der Waals surface area contributed by atoms with Crippen molar-refractivity contribution in [3.05, 3.63) is 161 Å². The molecule has 0 spiro atoms. The average molecular weight is 1500 g/mol. The number of carbonyl (C=O) groups is 13. The summed E-state index contributed by atoms with van der Waals surface area (Å²) >= 11 is 0. The summed E-state index contributed by atoms with van der Waals surface area (Å²) in [4.78, 5) is 174. The van der Waals surface area contributed by atoms with Crippen LogP contribution < -0.4 is 48.3 Å². The number of esters is 3. The number of carbonyl (C=O) groups excluding carboxylic acids is 12. The molecule has 4 rings (SSSR count). The summed E-state index contributed by atoms with van der Waals surface area (Å²) in [5.74, 6) is -7.52. The lowest BCUT2D eigenvalue weighted by molar-refractivity contribution is -0.154. The highest BCUT2D eigenvalue weighted by molar-refractivity contribution is 6.05. The summed E-state index contributed by atoms with van der Waals surface area (Å²) in [7, 11) is 0. The average Bonchev–Trinajstić information content (AvgIpc) is 0.865. The van der Waals surface area contributed by atoms with E-state index in [1.165, 1.54) is 56.4 Å². The Labute approximate surface area is 631 Å². The van der Waals surface area contributed by atoms with Gasteiger partial charge in [-0.05, 0) is 142 Å². The maximum atomic E-state index is 12.9. The number of aromatic nitrogens is 3. The Morgan fingerprint density at radius 1 is 0.713 bits per heavy atom. The van der Waals surface area contributed by atoms with Crippen molar-refractivity contribution in [2.45, 2.75) is 236 Å². The molecule has 3 aromatic heterocycles. The van der Waals surface area contributed by atoms with E-state index < -0.39 is 107 Å². The zero-order valence-corrected chi connectivity index (χ0v) is 64.2. The first-order chi connectivity index (χ1) is 51.3. The van der Waals surface area contributed by atoms with Gasteiger partial charge in [-0.3, -0.25) is 43.2 Å². The molecule has 0 saturated heterocycles. The summed E-state index contributed by atoms with van der Waals surface area (Å²) < 4.78 is 21.5. The quantitative estimate of drug-likeness (QED) is 0.0126. The predicted molar refractivity (Wildman–Crippen MR) is 401 cm³/mol. The molecule has 2 bridgehead atoms. The molecule has 31 nitrogen and oxygen atoms in total. The maximum absolute atomic E-state index is 12.9. The van der Waals surface area contributed by atoms with E-state index in [9.17, 15) is 62.3 Å². The van der Waals surface area contributed by atoms with Gasteiger partial charge in [0.25, 0.3) is 35.4 Å². The summed E-state index contributed by atoms with van der Waals surface area (Å²) in [5.41, 5.74) is 6.34. The summed E-state index contributed by atoms with van der Waals surface area (Å²) in [6, 6.07) is 13.1. The number of alkyl carbamates (subject to hydrolysis) is 1. The van der Waals surface area contributed by atoms with Gasteiger partial charge in [-0.15, -0.1) is 0 Å². The number of carboxylic acids is 1. The van der Waals surface area contributed by atoms with Gasteiger partial charge >= 0.3 is 30.0 Å². The zero-order valence-electron chi connectivity index (χ0n) is 64.2.